The van der Waals surface area contributed by atoms with E-state index in [0.717, 1.165) is 89.9 Å². The quantitative estimate of drug-likeness (QED) is 0.0149. The minimum absolute atomic E-state index is 0.0859. The molecule has 0 radical (unpaired) electrons. The molecule has 1 rings (SSSR count). The van der Waals surface area contributed by atoms with Gasteiger partial charge in [0.15, 0.2) is 0 Å². The van der Waals surface area contributed by atoms with Gasteiger partial charge in [-0.3, -0.25) is 13.8 Å². The summed E-state index contributed by atoms with van der Waals surface area (Å²) < 4.78 is 34.2. The molecule has 6 N–H and O–H groups in total. The lowest BCUT2D eigenvalue weighted by Gasteiger charge is -2.41. The van der Waals surface area contributed by atoms with Gasteiger partial charge in [0.1, 0.15) is 42.7 Å². The largest absolute Gasteiger partial charge is 0.472 e. The first-order valence-electron chi connectivity index (χ1n) is 23.5. The third-order valence-corrected chi connectivity index (χ3v) is 11.7. The van der Waals surface area contributed by atoms with Gasteiger partial charge in [0.25, 0.3) is 0 Å². The minimum atomic E-state index is -5.02. The van der Waals surface area contributed by atoms with Crippen LogP contribution in [0.5, 0.6) is 0 Å². The van der Waals surface area contributed by atoms with Crippen molar-refractivity contribution in [3.8, 4) is 0 Å². The minimum Gasteiger partial charge on any atom is -0.457 e. The number of hydrogen-bond donors (Lipinski definition) is 6. The monoisotopic (exact) mass is 873 g/mol. The van der Waals surface area contributed by atoms with E-state index in [1.807, 2.05) is 0 Å². The summed E-state index contributed by atoms with van der Waals surface area (Å²) in [6, 6.07) is 0. The van der Waals surface area contributed by atoms with E-state index in [9.17, 15) is 39.8 Å². The van der Waals surface area contributed by atoms with E-state index in [0.29, 0.717) is 13.0 Å². The molecule has 1 saturated carbocycles. The summed E-state index contributed by atoms with van der Waals surface area (Å²) in [6.07, 6.45) is 33.2. The van der Waals surface area contributed by atoms with Gasteiger partial charge in [-0.2, -0.15) is 0 Å². The predicted octanol–water partition coefficient (Wildman–Crippen LogP) is 9.64. The van der Waals surface area contributed by atoms with Crippen LogP contribution in [0.15, 0.2) is 48.6 Å². The highest BCUT2D eigenvalue weighted by Crippen LogP contribution is 2.47. The Labute approximate surface area is 363 Å². The van der Waals surface area contributed by atoms with Gasteiger partial charge in [-0.05, 0) is 70.6 Å². The highest BCUT2D eigenvalue weighted by atomic mass is 31.2. The average molecular weight is 873 g/mol. The molecule has 13 heteroatoms. The lowest BCUT2D eigenvalue weighted by Crippen LogP contribution is -2.64. The lowest BCUT2D eigenvalue weighted by atomic mass is 9.85. The number of esters is 1. The summed E-state index contributed by atoms with van der Waals surface area (Å²) >= 11 is 0. The molecule has 1 aliphatic carbocycles. The van der Waals surface area contributed by atoms with E-state index >= 15 is 0 Å². The van der Waals surface area contributed by atoms with Crippen molar-refractivity contribution in [3.63, 3.8) is 0 Å². The second-order valence-corrected chi connectivity index (χ2v) is 17.6. The lowest BCUT2D eigenvalue weighted by molar-refractivity contribution is -0.220. The van der Waals surface area contributed by atoms with Crippen molar-refractivity contribution >= 4 is 13.8 Å². The molecule has 0 bridgehead atoms. The topological polar surface area (TPSA) is 192 Å². The molecule has 0 spiro atoms. The Morgan fingerprint density at radius 2 is 0.983 bits per heavy atom. The fraction of sp³-hybridized carbons (Fsp3) is 0.809. The van der Waals surface area contributed by atoms with Crippen LogP contribution in [0.25, 0.3) is 0 Å². The number of aliphatic hydroxyl groups excluding tert-OH is 5. The van der Waals surface area contributed by atoms with Gasteiger partial charge >= 0.3 is 13.8 Å². The van der Waals surface area contributed by atoms with Crippen molar-refractivity contribution in [1.29, 1.82) is 0 Å². The molecule has 1 aliphatic rings. The Balaban J connectivity index is 2.40. The van der Waals surface area contributed by atoms with E-state index in [-0.39, 0.29) is 13.0 Å². The Kier molecular flexibility index (Phi) is 35.5. The van der Waals surface area contributed by atoms with Crippen LogP contribution in [0, 0.1) is 0 Å². The fourth-order valence-electron chi connectivity index (χ4n) is 6.95. The van der Waals surface area contributed by atoms with Gasteiger partial charge in [0.05, 0.1) is 13.2 Å². The fourth-order valence-corrected chi connectivity index (χ4v) is 7.92. The summed E-state index contributed by atoms with van der Waals surface area (Å²) in [5, 5.41) is 50.2. The van der Waals surface area contributed by atoms with Crippen molar-refractivity contribution in [2.45, 2.75) is 224 Å². The molecule has 6 unspecified atom stereocenters. The highest BCUT2D eigenvalue weighted by Gasteiger charge is 2.51. The van der Waals surface area contributed by atoms with Crippen molar-refractivity contribution in [3.05, 3.63) is 48.6 Å². The number of carbonyl (C=O) groups is 1. The molecular weight excluding hydrogens is 787 g/mol. The second kappa shape index (κ2) is 37.8. The van der Waals surface area contributed by atoms with E-state index in [1.54, 1.807) is 0 Å². The number of aliphatic hydroxyl groups is 5. The first kappa shape index (κ1) is 56.3. The number of phosphoric ester groups is 1. The van der Waals surface area contributed by atoms with Gasteiger partial charge in [-0.25, -0.2) is 4.57 Å². The molecule has 0 aromatic rings. The van der Waals surface area contributed by atoms with Crippen LogP contribution in [0.4, 0.5) is 0 Å². The third kappa shape index (κ3) is 29.6. The van der Waals surface area contributed by atoms with Crippen LogP contribution in [-0.2, 0) is 27.9 Å². The van der Waals surface area contributed by atoms with Crippen LogP contribution >= 0.6 is 7.82 Å². The molecule has 0 aromatic carbocycles. The van der Waals surface area contributed by atoms with Crippen LogP contribution in [0.1, 0.15) is 181 Å². The van der Waals surface area contributed by atoms with Crippen LogP contribution < -0.4 is 0 Å². The Morgan fingerprint density at radius 1 is 0.550 bits per heavy atom. The molecule has 0 saturated heterocycles. The molecule has 0 heterocycles. The molecule has 0 aromatic heterocycles. The maximum Gasteiger partial charge on any atom is 0.472 e. The number of rotatable bonds is 39. The van der Waals surface area contributed by atoms with Gasteiger partial charge < -0.3 is 39.9 Å². The summed E-state index contributed by atoms with van der Waals surface area (Å²) in [4.78, 5) is 23.2. The number of carbonyl (C=O) groups excluding carboxylic acids is 1. The molecule has 0 amide bonds. The Bertz CT molecular complexity index is 1180. The van der Waals surface area contributed by atoms with Crippen LogP contribution in [0.2, 0.25) is 0 Å². The number of allylic oxidation sites excluding steroid dienone is 8. The zero-order chi connectivity index (χ0) is 44.1. The Hall–Kier alpha value is -1.70. The molecule has 60 heavy (non-hydrogen) atoms. The number of ether oxygens (including phenoxy) is 2. The second-order valence-electron chi connectivity index (χ2n) is 16.2. The average Bonchev–Trinajstić information content (AvgIpc) is 3.23. The summed E-state index contributed by atoms with van der Waals surface area (Å²) in [5.74, 6) is -0.490. The van der Waals surface area contributed by atoms with Crippen molar-refractivity contribution in [2.24, 2.45) is 0 Å². The van der Waals surface area contributed by atoms with Gasteiger partial charge in [-0.15, -0.1) is 0 Å². The SMILES string of the molecule is CC/C=C\C/C=C\C/C=C\CCCCCCCCCCOCC(COP(=O)(O)OC1C(O)C(O)C(O)C(O)C1O)OC(=O)CCCCCCC/C=C\CCCCCCCC. The Morgan fingerprint density at radius 3 is 1.52 bits per heavy atom. The number of hydrogen-bond acceptors (Lipinski definition) is 11. The van der Waals surface area contributed by atoms with E-state index in [1.165, 1.54) is 64.2 Å². The van der Waals surface area contributed by atoms with E-state index in [4.69, 9.17) is 18.5 Å². The first-order valence-corrected chi connectivity index (χ1v) is 25.0. The van der Waals surface area contributed by atoms with Crippen molar-refractivity contribution in [1.82, 2.24) is 0 Å². The molecular formula is C47H85O12P. The summed E-state index contributed by atoms with van der Waals surface area (Å²) in [5.41, 5.74) is 0. The zero-order valence-corrected chi connectivity index (χ0v) is 38.1. The standard InChI is InChI=1S/C47H85O12P/c1-3-5-7-9-11-13-15-17-19-20-21-23-25-27-29-31-33-35-37-56-38-40(39-57-60(54,55)59-47-45(52)43(50)42(49)44(51)46(47)53)58-41(48)36-34-32-30-28-26-24-22-18-16-14-12-10-8-6-4-2/h5,7,11,13,17-19,22,40,42-47,49-53H,3-4,6,8-10,12,14-16,20-21,23-39H2,1-2H3,(H,54,55)/b7-5-,13-11-,19-17-,22-18-. The number of phosphoric acid groups is 1. The first-order chi connectivity index (χ1) is 29.0. The summed E-state index contributed by atoms with van der Waals surface area (Å²) in [7, 11) is -5.02. The zero-order valence-electron chi connectivity index (χ0n) is 37.2. The van der Waals surface area contributed by atoms with Gasteiger partial charge in [0.2, 0.25) is 0 Å². The molecule has 0 aliphatic heterocycles. The van der Waals surface area contributed by atoms with E-state index < -0.39 is 63.1 Å². The predicted molar refractivity (Wildman–Crippen MR) is 239 cm³/mol. The number of unbranched alkanes of at least 4 members (excludes halogenated alkanes) is 19. The smallest absolute Gasteiger partial charge is 0.457 e. The molecule has 6 atom stereocenters. The third-order valence-electron chi connectivity index (χ3n) is 10.7. The summed E-state index contributed by atoms with van der Waals surface area (Å²) in [6.45, 7) is 4.12. The van der Waals surface area contributed by atoms with Crippen molar-refractivity contribution in [2.75, 3.05) is 19.8 Å². The van der Waals surface area contributed by atoms with Crippen molar-refractivity contribution < 1.29 is 58.3 Å². The van der Waals surface area contributed by atoms with Gasteiger partial charge in [-0.1, -0.05) is 152 Å². The normalized spacial score (nSPS) is 22.7. The molecule has 350 valence electrons. The molecule has 1 fully saturated rings. The van der Waals surface area contributed by atoms with Crippen LogP contribution in [0.3, 0.4) is 0 Å². The van der Waals surface area contributed by atoms with Gasteiger partial charge in [0, 0.05) is 13.0 Å². The maximum absolute atomic E-state index is 12.8. The molecule has 12 nitrogen and oxygen atoms in total. The highest BCUT2D eigenvalue weighted by molar-refractivity contribution is 7.47. The van der Waals surface area contributed by atoms with E-state index in [2.05, 4.69) is 62.5 Å². The van der Waals surface area contributed by atoms with Crippen LogP contribution in [-0.4, -0.2) is 98.9 Å². The maximum atomic E-state index is 12.8.